The van der Waals surface area contributed by atoms with Crippen LogP contribution in [-0.4, -0.2) is 42.5 Å². The van der Waals surface area contributed by atoms with Gasteiger partial charge in [-0.05, 0) is 44.7 Å². The molecule has 3 rings (SSSR count). The van der Waals surface area contributed by atoms with Gasteiger partial charge in [-0.15, -0.1) is 0 Å². The molecular formula is C17H23NO4. The van der Waals surface area contributed by atoms with Gasteiger partial charge in [0.15, 0.2) is 0 Å². The van der Waals surface area contributed by atoms with Crippen molar-refractivity contribution in [3.8, 4) is 5.75 Å². The third-order valence-electron chi connectivity index (χ3n) is 4.78. The zero-order valence-electron chi connectivity index (χ0n) is 12.9. The van der Waals surface area contributed by atoms with Gasteiger partial charge in [0.25, 0.3) is 5.91 Å². The minimum Gasteiger partial charge on any atom is -0.508 e. The predicted molar refractivity (Wildman–Crippen MR) is 82.1 cm³/mol. The molecule has 0 bridgehead atoms. The molecule has 1 atom stereocenters. The van der Waals surface area contributed by atoms with Gasteiger partial charge in [-0.2, -0.15) is 0 Å². The van der Waals surface area contributed by atoms with Crippen molar-refractivity contribution in [3.05, 3.63) is 29.3 Å². The standard InChI is InChI=1S/C17H23NO4/c1-12-14(3-2-4-15(12)19)16(20)18-13-5-8-22-17(11-13)6-9-21-10-7-17/h2-4,13,19H,5-11H2,1H3,(H,18,20). The molecule has 1 spiro atoms. The van der Waals surface area contributed by atoms with Crippen molar-refractivity contribution in [1.82, 2.24) is 5.32 Å². The zero-order chi connectivity index (χ0) is 15.6. The molecular weight excluding hydrogens is 282 g/mol. The fourth-order valence-electron chi connectivity index (χ4n) is 3.38. The van der Waals surface area contributed by atoms with E-state index in [1.807, 2.05) is 0 Å². The van der Waals surface area contributed by atoms with Gasteiger partial charge < -0.3 is 19.9 Å². The van der Waals surface area contributed by atoms with E-state index in [4.69, 9.17) is 9.47 Å². The third kappa shape index (κ3) is 3.10. The quantitative estimate of drug-likeness (QED) is 0.878. The van der Waals surface area contributed by atoms with E-state index in [9.17, 15) is 9.90 Å². The first-order valence-corrected chi connectivity index (χ1v) is 7.91. The Kier molecular flexibility index (Phi) is 4.36. The summed E-state index contributed by atoms with van der Waals surface area (Å²) in [6.07, 6.45) is 3.45. The lowest BCUT2D eigenvalue weighted by Gasteiger charge is -2.43. The van der Waals surface area contributed by atoms with Crippen LogP contribution in [-0.2, 0) is 9.47 Å². The fourth-order valence-corrected chi connectivity index (χ4v) is 3.38. The molecule has 1 aromatic rings. The first-order valence-electron chi connectivity index (χ1n) is 7.91. The molecule has 2 heterocycles. The Bertz CT molecular complexity index is 546. The number of aromatic hydroxyl groups is 1. The highest BCUT2D eigenvalue weighted by molar-refractivity contribution is 5.96. The molecule has 0 radical (unpaired) electrons. The Morgan fingerprint density at radius 1 is 1.32 bits per heavy atom. The Morgan fingerprint density at radius 3 is 2.86 bits per heavy atom. The molecule has 2 N–H and O–H groups in total. The summed E-state index contributed by atoms with van der Waals surface area (Å²) in [4.78, 5) is 12.5. The number of ether oxygens (including phenoxy) is 2. The molecule has 0 saturated carbocycles. The van der Waals surface area contributed by atoms with E-state index in [2.05, 4.69) is 5.32 Å². The number of benzene rings is 1. The second-order valence-corrected chi connectivity index (χ2v) is 6.26. The number of amides is 1. The average molecular weight is 305 g/mol. The topological polar surface area (TPSA) is 67.8 Å². The molecule has 1 amide bonds. The van der Waals surface area contributed by atoms with E-state index in [1.165, 1.54) is 0 Å². The molecule has 0 aromatic heterocycles. The van der Waals surface area contributed by atoms with Crippen LogP contribution in [0, 0.1) is 6.92 Å². The Morgan fingerprint density at radius 2 is 2.09 bits per heavy atom. The smallest absolute Gasteiger partial charge is 0.251 e. The minimum atomic E-state index is -0.137. The van der Waals surface area contributed by atoms with E-state index < -0.39 is 0 Å². The molecule has 2 saturated heterocycles. The van der Waals surface area contributed by atoms with Gasteiger partial charge in [-0.1, -0.05) is 6.07 Å². The van der Waals surface area contributed by atoms with Gasteiger partial charge in [0, 0.05) is 37.0 Å². The zero-order valence-corrected chi connectivity index (χ0v) is 12.9. The molecule has 120 valence electrons. The summed E-state index contributed by atoms with van der Waals surface area (Å²) in [6, 6.07) is 5.15. The fraction of sp³-hybridized carbons (Fsp3) is 0.588. The maximum Gasteiger partial charge on any atom is 0.251 e. The number of hydrogen-bond donors (Lipinski definition) is 2. The van der Waals surface area contributed by atoms with E-state index >= 15 is 0 Å². The summed E-state index contributed by atoms with van der Waals surface area (Å²) >= 11 is 0. The molecule has 5 heteroatoms. The van der Waals surface area contributed by atoms with Gasteiger partial charge >= 0.3 is 0 Å². The molecule has 1 unspecified atom stereocenters. The number of rotatable bonds is 2. The van der Waals surface area contributed by atoms with Crippen molar-refractivity contribution in [2.24, 2.45) is 0 Å². The number of carbonyl (C=O) groups is 1. The highest BCUT2D eigenvalue weighted by Gasteiger charge is 2.39. The Labute approximate surface area is 130 Å². The maximum absolute atomic E-state index is 12.5. The van der Waals surface area contributed by atoms with Crippen LogP contribution in [0.15, 0.2) is 18.2 Å². The van der Waals surface area contributed by atoms with Crippen LogP contribution in [0.1, 0.15) is 41.6 Å². The van der Waals surface area contributed by atoms with Crippen molar-refractivity contribution >= 4 is 5.91 Å². The molecule has 2 fully saturated rings. The van der Waals surface area contributed by atoms with E-state index in [0.717, 1.165) is 38.9 Å². The lowest BCUT2D eigenvalue weighted by molar-refractivity contribution is -0.139. The van der Waals surface area contributed by atoms with Gasteiger partial charge in [0.1, 0.15) is 5.75 Å². The first kappa shape index (κ1) is 15.3. The number of hydrogen-bond acceptors (Lipinski definition) is 4. The van der Waals surface area contributed by atoms with E-state index in [1.54, 1.807) is 25.1 Å². The summed E-state index contributed by atoms with van der Waals surface area (Å²) in [7, 11) is 0. The molecule has 2 aliphatic rings. The van der Waals surface area contributed by atoms with Crippen molar-refractivity contribution < 1.29 is 19.4 Å². The summed E-state index contributed by atoms with van der Waals surface area (Å²) in [5.74, 6) is 0.0306. The summed E-state index contributed by atoms with van der Waals surface area (Å²) in [5, 5.41) is 12.8. The lowest BCUT2D eigenvalue weighted by Crippen LogP contribution is -2.51. The molecule has 0 aliphatic carbocycles. The van der Waals surface area contributed by atoms with Crippen LogP contribution in [0.4, 0.5) is 0 Å². The van der Waals surface area contributed by atoms with Crippen LogP contribution in [0.5, 0.6) is 5.75 Å². The molecule has 22 heavy (non-hydrogen) atoms. The van der Waals surface area contributed by atoms with Crippen LogP contribution in [0.2, 0.25) is 0 Å². The van der Waals surface area contributed by atoms with E-state index in [-0.39, 0.29) is 23.3 Å². The second kappa shape index (κ2) is 6.26. The van der Waals surface area contributed by atoms with Crippen LogP contribution in [0.25, 0.3) is 0 Å². The second-order valence-electron chi connectivity index (χ2n) is 6.26. The predicted octanol–water partition coefficient (Wildman–Crippen LogP) is 2.16. The average Bonchev–Trinajstić information content (AvgIpc) is 2.51. The van der Waals surface area contributed by atoms with Gasteiger partial charge in [-0.3, -0.25) is 4.79 Å². The molecule has 5 nitrogen and oxygen atoms in total. The van der Waals surface area contributed by atoms with Crippen LogP contribution >= 0.6 is 0 Å². The van der Waals surface area contributed by atoms with Gasteiger partial charge in [0.2, 0.25) is 0 Å². The summed E-state index contributed by atoms with van der Waals surface area (Å²) < 4.78 is 11.4. The monoisotopic (exact) mass is 305 g/mol. The van der Waals surface area contributed by atoms with Crippen molar-refractivity contribution in [3.63, 3.8) is 0 Å². The number of phenols is 1. The summed E-state index contributed by atoms with van der Waals surface area (Å²) in [5.41, 5.74) is 1.02. The number of carbonyl (C=O) groups excluding carboxylic acids is 1. The molecule has 2 aliphatic heterocycles. The Hall–Kier alpha value is -1.59. The normalized spacial score (nSPS) is 24.1. The van der Waals surface area contributed by atoms with Crippen molar-refractivity contribution in [2.75, 3.05) is 19.8 Å². The highest BCUT2D eigenvalue weighted by Crippen LogP contribution is 2.34. The van der Waals surface area contributed by atoms with Crippen LogP contribution < -0.4 is 5.32 Å². The van der Waals surface area contributed by atoms with Crippen molar-refractivity contribution in [2.45, 2.75) is 44.2 Å². The minimum absolute atomic E-state index is 0.112. The lowest BCUT2D eigenvalue weighted by atomic mass is 9.84. The maximum atomic E-state index is 12.5. The Balaban J connectivity index is 1.67. The van der Waals surface area contributed by atoms with Crippen LogP contribution in [0.3, 0.4) is 0 Å². The summed E-state index contributed by atoms with van der Waals surface area (Å²) in [6.45, 7) is 3.89. The van der Waals surface area contributed by atoms with Gasteiger partial charge in [0.05, 0.1) is 5.60 Å². The van der Waals surface area contributed by atoms with Crippen molar-refractivity contribution in [1.29, 1.82) is 0 Å². The first-order chi connectivity index (χ1) is 10.6. The van der Waals surface area contributed by atoms with E-state index in [0.29, 0.717) is 17.7 Å². The number of nitrogens with one attached hydrogen (secondary N) is 1. The highest BCUT2D eigenvalue weighted by atomic mass is 16.5. The van der Waals surface area contributed by atoms with Gasteiger partial charge in [-0.25, -0.2) is 0 Å². The SMILES string of the molecule is Cc1c(O)cccc1C(=O)NC1CCOC2(CCOCC2)C1. The third-order valence-corrected chi connectivity index (χ3v) is 4.78. The largest absolute Gasteiger partial charge is 0.508 e. The number of phenolic OH excluding ortho intramolecular Hbond substituents is 1. The molecule has 1 aromatic carbocycles.